The van der Waals surface area contributed by atoms with E-state index in [2.05, 4.69) is 27.0 Å². The molecule has 0 amide bonds. The topological polar surface area (TPSA) is 137 Å². The average molecular weight is 888 g/mol. The molecule has 2 aromatic heterocycles. The SMILES string of the molecule is Cc1oc(-c2ccccc2)nc1CCOc1ccc(/C=C/C(=O)OC(C)(C)C)cc1.Cc1oc(-c2ccccc2)nc1CCOc1ccc([C@H]2CN(Cc3ccccc3)C[C@@H]2C(=O)O)cc1. The minimum atomic E-state index is -0.742. The number of carboxylic acids is 1. The molecule has 0 radical (unpaired) electrons. The Labute approximate surface area is 386 Å². The van der Waals surface area contributed by atoms with Crippen LogP contribution in [0.3, 0.4) is 0 Å². The highest BCUT2D eigenvalue weighted by Gasteiger charge is 2.38. The molecule has 0 spiro atoms. The van der Waals surface area contributed by atoms with Crippen LogP contribution in [0.5, 0.6) is 11.5 Å². The monoisotopic (exact) mass is 887 g/mol. The van der Waals surface area contributed by atoms with Crippen molar-refractivity contribution < 1.29 is 37.7 Å². The fourth-order valence-corrected chi connectivity index (χ4v) is 7.69. The molecule has 340 valence electrons. The van der Waals surface area contributed by atoms with Gasteiger partial charge in [0.05, 0.1) is 30.5 Å². The van der Waals surface area contributed by atoms with Gasteiger partial charge in [-0.05, 0) is 106 Å². The molecule has 11 heteroatoms. The Bertz CT molecular complexity index is 2650. The maximum atomic E-state index is 12.0. The number of aryl methyl sites for hydroxylation is 2. The fourth-order valence-electron chi connectivity index (χ4n) is 7.69. The van der Waals surface area contributed by atoms with Gasteiger partial charge in [0.15, 0.2) is 0 Å². The standard InChI is InChI=1S/C30H30N2O4.C25H27NO4/c1-21-28(31-29(36-21)24-10-6-3-7-11-24)16-17-35-25-14-12-23(13-15-25)26-19-32(20-27(26)30(33)34)18-22-8-4-2-5-9-22;1-18-22(26-24(29-18)20-8-6-5-7-9-20)16-17-28-21-13-10-19(11-14-21)12-15-23(27)30-25(2,3)4/h2-15,26-27H,16-20H2,1H3,(H,33,34);5-15H,16-17H2,1-4H3/b;15-12+/t26-,27+;/m1./s1. The van der Waals surface area contributed by atoms with Gasteiger partial charge in [-0.2, -0.15) is 0 Å². The van der Waals surface area contributed by atoms with Gasteiger partial charge in [0.1, 0.15) is 28.6 Å². The lowest BCUT2D eigenvalue weighted by Gasteiger charge is -2.17. The van der Waals surface area contributed by atoms with Gasteiger partial charge >= 0.3 is 11.9 Å². The first-order valence-corrected chi connectivity index (χ1v) is 22.3. The quantitative estimate of drug-likeness (QED) is 0.0733. The van der Waals surface area contributed by atoms with Crippen molar-refractivity contribution >= 4 is 18.0 Å². The summed E-state index contributed by atoms with van der Waals surface area (Å²) in [6, 6.07) is 45.3. The van der Waals surface area contributed by atoms with Gasteiger partial charge in [-0.3, -0.25) is 9.69 Å². The fraction of sp³-hybridized carbons (Fsp3) is 0.273. The molecule has 0 unspecified atom stereocenters. The van der Waals surface area contributed by atoms with Crippen molar-refractivity contribution in [2.75, 3.05) is 26.3 Å². The van der Waals surface area contributed by atoms with Gasteiger partial charge in [-0.25, -0.2) is 14.8 Å². The van der Waals surface area contributed by atoms with E-state index >= 15 is 0 Å². The second-order valence-corrected chi connectivity index (χ2v) is 17.2. The van der Waals surface area contributed by atoms with Crippen molar-refractivity contribution in [3.63, 3.8) is 0 Å². The Kier molecular flexibility index (Phi) is 15.7. The smallest absolute Gasteiger partial charge is 0.331 e. The van der Waals surface area contributed by atoms with Gasteiger partial charge in [-0.15, -0.1) is 0 Å². The normalized spacial score (nSPS) is 15.0. The highest BCUT2D eigenvalue weighted by molar-refractivity contribution is 5.87. The number of carboxylic acid groups (broad SMARTS) is 1. The number of likely N-dealkylation sites (tertiary alicyclic amines) is 1. The van der Waals surface area contributed by atoms with Crippen LogP contribution in [0.25, 0.3) is 29.0 Å². The molecule has 8 rings (SSSR count). The summed E-state index contributed by atoms with van der Waals surface area (Å²) in [5.41, 5.74) is 6.33. The lowest BCUT2D eigenvalue weighted by atomic mass is 9.89. The third-order valence-electron chi connectivity index (χ3n) is 11.0. The van der Waals surface area contributed by atoms with Gasteiger partial charge in [0, 0.05) is 55.6 Å². The number of carbonyl (C=O) groups is 2. The van der Waals surface area contributed by atoms with E-state index in [0.29, 0.717) is 44.4 Å². The number of hydrogen-bond acceptors (Lipinski definition) is 10. The van der Waals surface area contributed by atoms with Crippen LogP contribution in [0.2, 0.25) is 0 Å². The van der Waals surface area contributed by atoms with E-state index in [1.54, 1.807) is 6.08 Å². The van der Waals surface area contributed by atoms with Gasteiger partial charge < -0.3 is 28.2 Å². The summed E-state index contributed by atoms with van der Waals surface area (Å²) in [4.78, 5) is 35.2. The van der Waals surface area contributed by atoms with Gasteiger partial charge in [0.25, 0.3) is 0 Å². The molecule has 3 heterocycles. The van der Waals surface area contributed by atoms with E-state index in [-0.39, 0.29) is 11.9 Å². The number of nitrogens with zero attached hydrogens (tertiary/aromatic N) is 3. The molecule has 2 atom stereocenters. The first kappa shape index (κ1) is 46.7. The zero-order chi connectivity index (χ0) is 46.5. The Morgan fingerprint density at radius 2 is 1.17 bits per heavy atom. The Morgan fingerprint density at radius 3 is 1.65 bits per heavy atom. The summed E-state index contributed by atoms with van der Waals surface area (Å²) in [6.07, 6.45) is 4.45. The number of aliphatic carboxylic acids is 1. The van der Waals surface area contributed by atoms with E-state index < -0.39 is 17.5 Å². The van der Waals surface area contributed by atoms with Crippen LogP contribution in [-0.4, -0.2) is 63.8 Å². The lowest BCUT2D eigenvalue weighted by molar-refractivity contribution is -0.148. The largest absolute Gasteiger partial charge is 0.493 e. The van der Waals surface area contributed by atoms with Crippen molar-refractivity contribution in [3.05, 3.63) is 185 Å². The molecular weight excluding hydrogens is 831 g/mol. The van der Waals surface area contributed by atoms with E-state index in [4.69, 9.17) is 23.0 Å². The maximum Gasteiger partial charge on any atom is 0.331 e. The molecule has 1 fully saturated rings. The summed E-state index contributed by atoms with van der Waals surface area (Å²) < 4.78 is 28.7. The predicted octanol–water partition coefficient (Wildman–Crippen LogP) is 11.2. The predicted molar refractivity (Wildman–Crippen MR) is 255 cm³/mol. The third-order valence-corrected chi connectivity index (χ3v) is 11.0. The second-order valence-electron chi connectivity index (χ2n) is 17.2. The van der Waals surface area contributed by atoms with Crippen LogP contribution in [-0.2, 0) is 33.7 Å². The number of hydrogen-bond donors (Lipinski definition) is 1. The molecule has 1 saturated heterocycles. The van der Waals surface area contributed by atoms with Crippen LogP contribution in [0.1, 0.15) is 66.3 Å². The zero-order valence-corrected chi connectivity index (χ0v) is 38.2. The lowest BCUT2D eigenvalue weighted by Crippen LogP contribution is -2.23. The highest BCUT2D eigenvalue weighted by Crippen LogP contribution is 2.35. The minimum absolute atomic E-state index is 0.0468. The second kappa shape index (κ2) is 22.1. The Morgan fingerprint density at radius 1 is 0.682 bits per heavy atom. The first-order chi connectivity index (χ1) is 31.9. The molecular formula is C55H57N3O8. The molecule has 66 heavy (non-hydrogen) atoms. The number of benzene rings is 5. The molecule has 1 aliphatic heterocycles. The van der Waals surface area contributed by atoms with Crippen LogP contribution < -0.4 is 9.47 Å². The number of carbonyl (C=O) groups excluding carboxylic acids is 1. The first-order valence-electron chi connectivity index (χ1n) is 22.3. The van der Waals surface area contributed by atoms with Gasteiger partial charge in [-0.1, -0.05) is 91.0 Å². The molecule has 0 bridgehead atoms. The van der Waals surface area contributed by atoms with Crippen LogP contribution >= 0.6 is 0 Å². The summed E-state index contributed by atoms with van der Waals surface area (Å²) in [5.74, 6) is 2.80. The summed E-state index contributed by atoms with van der Waals surface area (Å²) in [7, 11) is 0. The summed E-state index contributed by atoms with van der Waals surface area (Å²) in [6.45, 7) is 12.4. The molecule has 0 aliphatic carbocycles. The summed E-state index contributed by atoms with van der Waals surface area (Å²) >= 11 is 0. The molecule has 1 aliphatic rings. The van der Waals surface area contributed by atoms with Crippen molar-refractivity contribution in [2.45, 2.75) is 65.5 Å². The van der Waals surface area contributed by atoms with Crippen molar-refractivity contribution in [2.24, 2.45) is 5.92 Å². The third kappa shape index (κ3) is 13.4. The minimum Gasteiger partial charge on any atom is -0.493 e. The Hall–Kier alpha value is -7.24. The van der Waals surface area contributed by atoms with Crippen molar-refractivity contribution in [1.29, 1.82) is 0 Å². The van der Waals surface area contributed by atoms with E-state index in [1.807, 2.05) is 162 Å². The van der Waals surface area contributed by atoms with Crippen molar-refractivity contribution in [1.82, 2.24) is 14.9 Å². The number of oxazole rings is 2. The average Bonchev–Trinajstić information content (AvgIpc) is 4.03. The van der Waals surface area contributed by atoms with E-state index in [9.17, 15) is 14.7 Å². The van der Waals surface area contributed by atoms with Crippen LogP contribution in [0.4, 0.5) is 0 Å². The van der Waals surface area contributed by atoms with E-state index in [1.165, 1.54) is 11.6 Å². The zero-order valence-electron chi connectivity index (χ0n) is 38.2. The number of ether oxygens (including phenoxy) is 3. The maximum absolute atomic E-state index is 12.0. The highest BCUT2D eigenvalue weighted by atomic mass is 16.6. The number of esters is 1. The van der Waals surface area contributed by atoms with Crippen LogP contribution in [0.15, 0.2) is 154 Å². The molecule has 1 N–H and O–H groups in total. The Balaban J connectivity index is 0.000000200. The van der Waals surface area contributed by atoms with Gasteiger partial charge in [0.2, 0.25) is 11.8 Å². The molecule has 11 nitrogen and oxygen atoms in total. The van der Waals surface area contributed by atoms with Crippen molar-refractivity contribution in [3.8, 4) is 34.4 Å². The van der Waals surface area contributed by atoms with E-state index in [0.717, 1.165) is 69.8 Å². The number of rotatable bonds is 16. The molecule has 5 aromatic carbocycles. The molecule has 7 aromatic rings. The van der Waals surface area contributed by atoms with Crippen LogP contribution in [0, 0.1) is 19.8 Å². The summed E-state index contributed by atoms with van der Waals surface area (Å²) in [5, 5.41) is 9.84. The molecule has 0 saturated carbocycles. The number of aromatic nitrogens is 2.